The van der Waals surface area contributed by atoms with E-state index in [1.54, 1.807) is 12.4 Å². The summed E-state index contributed by atoms with van der Waals surface area (Å²) in [5, 5.41) is 3.13. The molecule has 8 heteroatoms. The third-order valence-electron chi connectivity index (χ3n) is 4.20. The van der Waals surface area contributed by atoms with E-state index in [9.17, 15) is 0 Å². The molecule has 2 heterocycles. The van der Waals surface area contributed by atoms with E-state index >= 15 is 0 Å². The van der Waals surface area contributed by atoms with Gasteiger partial charge >= 0.3 is 0 Å². The number of hydrogen-bond acceptors (Lipinski definition) is 5. The van der Waals surface area contributed by atoms with E-state index in [4.69, 9.17) is 5.73 Å². The van der Waals surface area contributed by atoms with Crippen LogP contribution in [0.5, 0.6) is 0 Å². The minimum Gasteiger partial charge on any atom is -0.370 e. The van der Waals surface area contributed by atoms with Crippen molar-refractivity contribution in [1.29, 1.82) is 0 Å². The number of anilines is 2. The van der Waals surface area contributed by atoms with Crippen LogP contribution in [0, 0.1) is 6.92 Å². The lowest BCUT2D eigenvalue weighted by Gasteiger charge is -2.34. The third kappa shape index (κ3) is 6.10. The highest BCUT2D eigenvalue weighted by Gasteiger charge is 2.18. The summed E-state index contributed by atoms with van der Waals surface area (Å²) in [6.07, 6.45) is 3.57. The molecule has 0 radical (unpaired) electrons. The summed E-state index contributed by atoms with van der Waals surface area (Å²) in [5.74, 6) is 1.27. The number of nitrogens with one attached hydrogen (secondary N) is 1. The average molecular weight is 467 g/mol. The number of nitrogens with two attached hydrogens (primary N) is 1. The Morgan fingerprint density at radius 3 is 2.58 bits per heavy atom. The van der Waals surface area contributed by atoms with Gasteiger partial charge in [0.2, 0.25) is 5.95 Å². The molecule has 1 aliphatic rings. The summed E-state index contributed by atoms with van der Waals surface area (Å²) in [7, 11) is 0. The molecule has 1 aliphatic heterocycles. The van der Waals surface area contributed by atoms with Gasteiger partial charge < -0.3 is 16.0 Å². The molecule has 0 bridgehead atoms. The highest BCUT2D eigenvalue weighted by molar-refractivity contribution is 14.0. The van der Waals surface area contributed by atoms with Gasteiger partial charge in [-0.3, -0.25) is 9.89 Å². The van der Waals surface area contributed by atoms with Crippen LogP contribution in [-0.2, 0) is 0 Å². The topological polar surface area (TPSA) is 82.7 Å². The smallest absolute Gasteiger partial charge is 0.225 e. The first-order valence-corrected chi connectivity index (χ1v) is 8.58. The first-order chi connectivity index (χ1) is 12.2. The molecule has 1 fully saturated rings. The summed E-state index contributed by atoms with van der Waals surface area (Å²) >= 11 is 0. The molecule has 0 spiro atoms. The molecule has 3 N–H and O–H groups in total. The van der Waals surface area contributed by atoms with Crippen LogP contribution in [0.15, 0.2) is 47.7 Å². The maximum absolute atomic E-state index is 5.97. The Kier molecular flexibility index (Phi) is 8.05. The predicted molar refractivity (Wildman–Crippen MR) is 117 cm³/mol. The van der Waals surface area contributed by atoms with E-state index in [0.717, 1.165) is 44.4 Å². The van der Waals surface area contributed by atoms with Crippen molar-refractivity contribution < 1.29 is 0 Å². The van der Waals surface area contributed by atoms with Crippen LogP contribution in [0.4, 0.5) is 11.6 Å². The number of piperazine rings is 1. The first-order valence-electron chi connectivity index (χ1n) is 8.58. The fourth-order valence-electron chi connectivity index (χ4n) is 2.85. The Balaban J connectivity index is 0.00000243. The summed E-state index contributed by atoms with van der Waals surface area (Å²) in [6, 6.07) is 9.93. The first kappa shape index (κ1) is 20.4. The zero-order chi connectivity index (χ0) is 17.5. The van der Waals surface area contributed by atoms with Crippen molar-refractivity contribution in [2.24, 2.45) is 10.7 Å². The molecule has 0 amide bonds. The van der Waals surface area contributed by atoms with Crippen LogP contribution in [0.1, 0.15) is 5.56 Å². The molecule has 0 unspecified atom stereocenters. The standard InChI is InChI=1S/C18H25N7.HI/c1-15-4-2-5-16(14-15)23-17(19)20-8-9-24-10-12-25(13-11-24)18-21-6-3-7-22-18;/h2-7,14H,8-13H2,1H3,(H3,19,20,23);1H. The van der Waals surface area contributed by atoms with Crippen molar-refractivity contribution >= 4 is 41.6 Å². The Bertz CT molecular complexity index is 700. The average Bonchev–Trinajstić information content (AvgIpc) is 2.63. The largest absolute Gasteiger partial charge is 0.370 e. The normalized spacial score (nSPS) is 15.4. The van der Waals surface area contributed by atoms with E-state index in [1.165, 1.54) is 5.56 Å². The van der Waals surface area contributed by atoms with E-state index in [1.807, 2.05) is 24.3 Å². The lowest BCUT2D eigenvalue weighted by Crippen LogP contribution is -2.47. The van der Waals surface area contributed by atoms with Gasteiger partial charge in [0, 0.05) is 50.8 Å². The molecule has 1 saturated heterocycles. The van der Waals surface area contributed by atoms with Crippen molar-refractivity contribution in [1.82, 2.24) is 14.9 Å². The molecule has 0 saturated carbocycles. The van der Waals surface area contributed by atoms with Crippen LogP contribution in [0.25, 0.3) is 0 Å². The molecule has 26 heavy (non-hydrogen) atoms. The summed E-state index contributed by atoms with van der Waals surface area (Å²) in [4.78, 5) is 17.6. The maximum atomic E-state index is 5.97. The maximum Gasteiger partial charge on any atom is 0.225 e. The highest BCUT2D eigenvalue weighted by Crippen LogP contribution is 2.10. The number of guanidine groups is 1. The minimum absolute atomic E-state index is 0. The molecular weight excluding hydrogens is 441 g/mol. The molecule has 3 rings (SSSR count). The SMILES string of the molecule is Cc1cccc(NC(N)=NCCN2CCN(c3ncccn3)CC2)c1.I. The van der Waals surface area contributed by atoms with Crippen molar-refractivity contribution in [3.63, 3.8) is 0 Å². The molecule has 0 aliphatic carbocycles. The fourth-order valence-corrected chi connectivity index (χ4v) is 2.85. The molecular formula is C18H26IN7. The molecule has 1 aromatic heterocycles. The molecule has 1 aromatic carbocycles. The van der Waals surface area contributed by atoms with Gasteiger partial charge in [-0.05, 0) is 30.7 Å². The number of aromatic nitrogens is 2. The molecule has 7 nitrogen and oxygen atoms in total. The Morgan fingerprint density at radius 2 is 1.88 bits per heavy atom. The van der Waals surface area contributed by atoms with E-state index in [2.05, 4.69) is 43.1 Å². The number of hydrogen-bond donors (Lipinski definition) is 2. The van der Waals surface area contributed by atoms with Gasteiger partial charge in [-0.1, -0.05) is 12.1 Å². The molecule has 0 atom stereocenters. The van der Waals surface area contributed by atoms with Crippen molar-refractivity contribution in [3.8, 4) is 0 Å². The highest BCUT2D eigenvalue weighted by atomic mass is 127. The van der Waals surface area contributed by atoms with Crippen LogP contribution < -0.4 is 16.0 Å². The van der Waals surface area contributed by atoms with Crippen molar-refractivity contribution in [2.75, 3.05) is 49.5 Å². The van der Waals surface area contributed by atoms with Gasteiger partial charge in [0.1, 0.15) is 0 Å². The van der Waals surface area contributed by atoms with Gasteiger partial charge in [0.25, 0.3) is 0 Å². The second-order valence-electron chi connectivity index (χ2n) is 6.14. The number of nitrogens with zero attached hydrogens (tertiary/aromatic N) is 5. The van der Waals surface area contributed by atoms with Crippen LogP contribution in [-0.4, -0.2) is 60.1 Å². The zero-order valence-electron chi connectivity index (χ0n) is 15.0. The lowest BCUT2D eigenvalue weighted by atomic mass is 10.2. The Morgan fingerprint density at radius 1 is 1.15 bits per heavy atom. The van der Waals surface area contributed by atoms with Gasteiger partial charge in [-0.2, -0.15) is 0 Å². The van der Waals surface area contributed by atoms with Crippen LogP contribution in [0.2, 0.25) is 0 Å². The number of aryl methyl sites for hydroxylation is 1. The zero-order valence-corrected chi connectivity index (χ0v) is 17.3. The number of benzene rings is 1. The lowest BCUT2D eigenvalue weighted by molar-refractivity contribution is 0.264. The van der Waals surface area contributed by atoms with E-state index in [0.29, 0.717) is 12.5 Å². The summed E-state index contributed by atoms with van der Waals surface area (Å²) in [6.45, 7) is 7.48. The van der Waals surface area contributed by atoms with Gasteiger partial charge in [0.15, 0.2) is 5.96 Å². The summed E-state index contributed by atoms with van der Waals surface area (Å²) < 4.78 is 0. The summed E-state index contributed by atoms with van der Waals surface area (Å²) in [5.41, 5.74) is 8.13. The third-order valence-corrected chi connectivity index (χ3v) is 4.20. The number of aliphatic imine (C=N–C) groups is 1. The quantitative estimate of drug-likeness (QED) is 0.398. The predicted octanol–water partition coefficient (Wildman–Crippen LogP) is 1.95. The number of halogens is 1. The van der Waals surface area contributed by atoms with Crippen LogP contribution in [0.3, 0.4) is 0 Å². The van der Waals surface area contributed by atoms with Gasteiger partial charge in [-0.25, -0.2) is 9.97 Å². The second kappa shape index (κ2) is 10.3. The van der Waals surface area contributed by atoms with Crippen LogP contribution >= 0.6 is 24.0 Å². The van der Waals surface area contributed by atoms with Crippen molar-refractivity contribution in [3.05, 3.63) is 48.3 Å². The monoisotopic (exact) mass is 467 g/mol. The Hall–Kier alpha value is -1.94. The van der Waals surface area contributed by atoms with E-state index < -0.39 is 0 Å². The molecule has 140 valence electrons. The number of rotatable bonds is 5. The minimum atomic E-state index is 0. The van der Waals surface area contributed by atoms with Gasteiger partial charge in [-0.15, -0.1) is 24.0 Å². The molecule has 2 aromatic rings. The Labute approximate surface area is 171 Å². The van der Waals surface area contributed by atoms with Crippen molar-refractivity contribution in [2.45, 2.75) is 6.92 Å². The second-order valence-corrected chi connectivity index (χ2v) is 6.14. The van der Waals surface area contributed by atoms with Gasteiger partial charge in [0.05, 0.1) is 6.54 Å². The van der Waals surface area contributed by atoms with E-state index in [-0.39, 0.29) is 24.0 Å². The fraction of sp³-hybridized carbons (Fsp3) is 0.389.